The van der Waals surface area contributed by atoms with Gasteiger partial charge in [0.25, 0.3) is 0 Å². The quantitative estimate of drug-likeness (QED) is 0.577. The van der Waals surface area contributed by atoms with E-state index in [1.54, 1.807) is 0 Å². The molecule has 0 N–H and O–H groups in total. The molecule has 0 spiro atoms. The van der Waals surface area contributed by atoms with Gasteiger partial charge in [-0.15, -0.1) is 0 Å². The fourth-order valence-electron chi connectivity index (χ4n) is 2.17. The highest BCUT2D eigenvalue weighted by atomic mass is 19.1. The predicted molar refractivity (Wildman–Crippen MR) is 46.3 cm³/mol. The molecule has 1 aliphatic rings. The lowest BCUT2D eigenvalue weighted by atomic mass is 9.75. The van der Waals surface area contributed by atoms with Crippen molar-refractivity contribution in [2.45, 2.75) is 39.5 Å². The Hall–Kier alpha value is -0.0700. The van der Waals surface area contributed by atoms with Crippen molar-refractivity contribution in [3.05, 3.63) is 0 Å². The molecule has 0 nitrogen and oxygen atoms in total. The molecular weight excluding hydrogens is 139 g/mol. The molecule has 0 aromatic heterocycles. The summed E-state index contributed by atoms with van der Waals surface area (Å²) in [5, 5.41) is 0. The van der Waals surface area contributed by atoms with Gasteiger partial charge < -0.3 is 0 Å². The maximum Gasteiger partial charge on any atom is 0.0925 e. The highest BCUT2D eigenvalue weighted by Gasteiger charge is 2.26. The summed E-state index contributed by atoms with van der Waals surface area (Å²) in [6.45, 7) is 4.34. The lowest BCUT2D eigenvalue weighted by molar-refractivity contribution is 0.159. The summed E-state index contributed by atoms with van der Waals surface area (Å²) in [6, 6.07) is 0. The molecule has 0 aromatic rings. The van der Waals surface area contributed by atoms with Crippen LogP contribution < -0.4 is 0 Å². The van der Waals surface area contributed by atoms with Crippen molar-refractivity contribution in [2.75, 3.05) is 6.67 Å². The van der Waals surface area contributed by atoms with Gasteiger partial charge in [0.15, 0.2) is 0 Å². The van der Waals surface area contributed by atoms with E-state index in [9.17, 15) is 4.39 Å². The van der Waals surface area contributed by atoms with Gasteiger partial charge in [-0.05, 0) is 30.6 Å². The fourth-order valence-corrected chi connectivity index (χ4v) is 2.17. The molecule has 11 heavy (non-hydrogen) atoms. The molecule has 2 unspecified atom stereocenters. The van der Waals surface area contributed by atoms with Crippen LogP contribution in [0.2, 0.25) is 0 Å². The Balaban J connectivity index is 2.34. The second-order valence-electron chi connectivity index (χ2n) is 3.98. The van der Waals surface area contributed by atoms with E-state index in [1.165, 1.54) is 19.3 Å². The van der Waals surface area contributed by atoms with Crippen molar-refractivity contribution >= 4 is 0 Å². The molecule has 1 rings (SSSR count). The molecular formula is C10H19F. The van der Waals surface area contributed by atoms with E-state index < -0.39 is 0 Å². The summed E-state index contributed by atoms with van der Waals surface area (Å²) < 4.78 is 12.4. The second-order valence-corrected chi connectivity index (χ2v) is 3.98. The topological polar surface area (TPSA) is 0 Å². The summed E-state index contributed by atoms with van der Waals surface area (Å²) in [6.07, 6.45) is 4.92. The second kappa shape index (κ2) is 4.08. The molecule has 1 aliphatic carbocycles. The Kier molecular flexibility index (Phi) is 3.35. The zero-order chi connectivity index (χ0) is 8.27. The lowest BCUT2D eigenvalue weighted by Gasteiger charge is -2.31. The van der Waals surface area contributed by atoms with Crippen molar-refractivity contribution in [3.8, 4) is 0 Å². The lowest BCUT2D eigenvalue weighted by Crippen LogP contribution is -2.23. The van der Waals surface area contributed by atoms with Crippen LogP contribution in [0.25, 0.3) is 0 Å². The van der Waals surface area contributed by atoms with E-state index in [0.29, 0.717) is 11.8 Å². The van der Waals surface area contributed by atoms with Crippen LogP contribution in [0, 0.1) is 17.8 Å². The van der Waals surface area contributed by atoms with Crippen molar-refractivity contribution in [3.63, 3.8) is 0 Å². The van der Waals surface area contributed by atoms with Gasteiger partial charge in [0.1, 0.15) is 0 Å². The number of hydrogen-bond acceptors (Lipinski definition) is 0. The van der Waals surface area contributed by atoms with Gasteiger partial charge in [0, 0.05) is 0 Å². The molecule has 0 aliphatic heterocycles. The van der Waals surface area contributed by atoms with Crippen LogP contribution in [0.1, 0.15) is 39.5 Å². The van der Waals surface area contributed by atoms with Gasteiger partial charge in [0.05, 0.1) is 6.67 Å². The summed E-state index contributed by atoms with van der Waals surface area (Å²) in [5.41, 5.74) is 0. The Labute approximate surface area is 69.2 Å². The van der Waals surface area contributed by atoms with Crippen molar-refractivity contribution < 1.29 is 4.39 Å². The Morgan fingerprint density at radius 1 is 1.36 bits per heavy atom. The van der Waals surface area contributed by atoms with Gasteiger partial charge in [-0.25, -0.2) is 0 Å². The molecule has 0 bridgehead atoms. The smallest absolute Gasteiger partial charge is 0.0925 e. The van der Waals surface area contributed by atoms with Crippen LogP contribution in [0.15, 0.2) is 0 Å². The zero-order valence-corrected chi connectivity index (χ0v) is 7.65. The summed E-state index contributed by atoms with van der Waals surface area (Å²) in [5.74, 6) is 1.88. The van der Waals surface area contributed by atoms with Crippen LogP contribution in [-0.4, -0.2) is 6.67 Å². The fraction of sp³-hybridized carbons (Fsp3) is 1.00. The van der Waals surface area contributed by atoms with Gasteiger partial charge in [-0.1, -0.05) is 26.7 Å². The van der Waals surface area contributed by atoms with Crippen LogP contribution in [0.4, 0.5) is 4.39 Å². The first-order chi connectivity index (χ1) is 5.27. The first-order valence-corrected chi connectivity index (χ1v) is 4.83. The van der Waals surface area contributed by atoms with Crippen molar-refractivity contribution in [1.29, 1.82) is 0 Å². The van der Waals surface area contributed by atoms with Crippen LogP contribution in [-0.2, 0) is 0 Å². The molecule has 0 aromatic carbocycles. The van der Waals surface area contributed by atoms with Crippen LogP contribution in [0.5, 0.6) is 0 Å². The van der Waals surface area contributed by atoms with E-state index >= 15 is 0 Å². The molecule has 0 radical (unpaired) electrons. The van der Waals surface area contributed by atoms with E-state index in [4.69, 9.17) is 0 Å². The van der Waals surface area contributed by atoms with Crippen molar-refractivity contribution in [1.82, 2.24) is 0 Å². The van der Waals surface area contributed by atoms with Gasteiger partial charge in [-0.2, -0.15) is 0 Å². The molecule has 0 heterocycles. The third kappa shape index (κ3) is 2.18. The van der Waals surface area contributed by atoms with E-state index in [0.717, 1.165) is 12.3 Å². The first kappa shape index (κ1) is 9.02. The number of hydrogen-bond donors (Lipinski definition) is 0. The minimum Gasteiger partial charge on any atom is -0.251 e. The maximum atomic E-state index is 12.4. The molecule has 66 valence electrons. The Morgan fingerprint density at radius 2 is 2.09 bits per heavy atom. The Bertz CT molecular complexity index is 111. The highest BCUT2D eigenvalue weighted by Crippen LogP contribution is 2.35. The third-order valence-corrected chi connectivity index (χ3v) is 3.23. The molecule has 3 atom stereocenters. The van der Waals surface area contributed by atoms with E-state index in [2.05, 4.69) is 13.8 Å². The monoisotopic (exact) mass is 158 g/mol. The number of rotatable bonds is 2. The highest BCUT2D eigenvalue weighted by molar-refractivity contribution is 4.76. The van der Waals surface area contributed by atoms with Gasteiger partial charge in [-0.3, -0.25) is 4.39 Å². The SMILES string of the molecule is CC[C@H]1CCC(CF)C(C)C1. The minimum atomic E-state index is -0.0996. The van der Waals surface area contributed by atoms with Gasteiger partial charge >= 0.3 is 0 Å². The van der Waals surface area contributed by atoms with Crippen LogP contribution in [0.3, 0.4) is 0 Å². The largest absolute Gasteiger partial charge is 0.251 e. The number of alkyl halides is 1. The molecule has 0 saturated heterocycles. The molecule has 1 heteroatoms. The zero-order valence-electron chi connectivity index (χ0n) is 7.65. The summed E-state index contributed by atoms with van der Waals surface area (Å²) >= 11 is 0. The van der Waals surface area contributed by atoms with E-state index in [-0.39, 0.29) is 6.67 Å². The maximum absolute atomic E-state index is 12.4. The summed E-state index contributed by atoms with van der Waals surface area (Å²) in [7, 11) is 0. The third-order valence-electron chi connectivity index (χ3n) is 3.23. The molecule has 0 amide bonds. The molecule has 1 fully saturated rings. The van der Waals surface area contributed by atoms with Gasteiger partial charge in [0.2, 0.25) is 0 Å². The van der Waals surface area contributed by atoms with Crippen LogP contribution >= 0.6 is 0 Å². The summed E-state index contributed by atoms with van der Waals surface area (Å²) in [4.78, 5) is 0. The predicted octanol–water partition coefficient (Wildman–Crippen LogP) is 3.42. The standard InChI is InChI=1S/C10H19F/c1-3-9-4-5-10(7-11)8(2)6-9/h8-10H,3-7H2,1-2H3/t8?,9-,10?/m0/s1. The average molecular weight is 158 g/mol. The van der Waals surface area contributed by atoms with Crippen molar-refractivity contribution in [2.24, 2.45) is 17.8 Å². The Morgan fingerprint density at radius 3 is 2.55 bits per heavy atom. The average Bonchev–Trinajstić information content (AvgIpc) is 2.04. The molecule has 1 saturated carbocycles. The van der Waals surface area contributed by atoms with E-state index in [1.807, 2.05) is 0 Å². The first-order valence-electron chi connectivity index (χ1n) is 4.83. The number of halogens is 1. The normalized spacial score (nSPS) is 39.0. The minimum absolute atomic E-state index is 0.0996.